The SMILES string of the molecule is O=C(O)[C@@H]1CCC[C@H]1C(=O)c1cc(C2CC2)c(COC2CCN(Cc3cc(C(F)(F)F)ccc3Cl)CC2)cc1F. The number of rotatable bonds is 9. The van der Waals surface area contributed by atoms with Crippen LogP contribution < -0.4 is 0 Å². The number of hydrogen-bond donors (Lipinski definition) is 1. The minimum atomic E-state index is -4.43. The predicted octanol–water partition coefficient (Wildman–Crippen LogP) is 7.24. The molecular weight excluding hydrogens is 550 g/mol. The van der Waals surface area contributed by atoms with E-state index in [-0.39, 0.29) is 24.2 Å². The van der Waals surface area contributed by atoms with Crippen LogP contribution in [0.3, 0.4) is 0 Å². The van der Waals surface area contributed by atoms with Crippen molar-refractivity contribution in [1.82, 2.24) is 4.90 Å². The number of carboxylic acid groups (broad SMARTS) is 1. The van der Waals surface area contributed by atoms with Gasteiger partial charge in [-0.05, 0) is 91.5 Å². The maximum absolute atomic E-state index is 15.2. The third-order valence-corrected chi connectivity index (χ3v) is 8.83. The summed E-state index contributed by atoms with van der Waals surface area (Å²) in [6, 6.07) is 6.35. The Morgan fingerprint density at radius 2 is 1.68 bits per heavy atom. The van der Waals surface area contributed by atoms with Gasteiger partial charge in [0.25, 0.3) is 0 Å². The van der Waals surface area contributed by atoms with Crippen molar-refractivity contribution < 1.29 is 37.0 Å². The zero-order valence-corrected chi connectivity index (χ0v) is 22.7. The molecule has 10 heteroatoms. The lowest BCUT2D eigenvalue weighted by Gasteiger charge is -2.32. The van der Waals surface area contributed by atoms with Gasteiger partial charge in [0.05, 0.1) is 29.8 Å². The maximum atomic E-state index is 15.2. The van der Waals surface area contributed by atoms with E-state index in [1.54, 1.807) is 6.07 Å². The van der Waals surface area contributed by atoms with Crippen molar-refractivity contribution in [2.75, 3.05) is 13.1 Å². The first-order valence-corrected chi connectivity index (χ1v) is 14.2. The zero-order valence-electron chi connectivity index (χ0n) is 22.0. The Morgan fingerprint density at radius 3 is 2.33 bits per heavy atom. The molecule has 2 aromatic rings. The van der Waals surface area contributed by atoms with Crippen LogP contribution in [0.2, 0.25) is 5.02 Å². The van der Waals surface area contributed by atoms with Crippen LogP contribution in [0.1, 0.15) is 83.5 Å². The van der Waals surface area contributed by atoms with E-state index in [1.807, 2.05) is 4.90 Å². The summed E-state index contributed by atoms with van der Waals surface area (Å²) in [6.07, 6.45) is 0.259. The first kappa shape index (κ1) is 29.0. The van der Waals surface area contributed by atoms with Gasteiger partial charge in [0.1, 0.15) is 5.82 Å². The van der Waals surface area contributed by atoms with Gasteiger partial charge >= 0.3 is 12.1 Å². The summed E-state index contributed by atoms with van der Waals surface area (Å²) < 4.78 is 60.6. The number of ketones is 1. The molecule has 3 fully saturated rings. The number of likely N-dealkylation sites (tertiary alicyclic amines) is 1. The molecule has 5 nitrogen and oxygen atoms in total. The van der Waals surface area contributed by atoms with Gasteiger partial charge in [-0.3, -0.25) is 14.5 Å². The van der Waals surface area contributed by atoms with Crippen LogP contribution in [0.15, 0.2) is 30.3 Å². The van der Waals surface area contributed by atoms with Gasteiger partial charge in [0.2, 0.25) is 0 Å². The zero-order chi connectivity index (χ0) is 28.6. The van der Waals surface area contributed by atoms with Crippen molar-refractivity contribution in [3.05, 3.63) is 69.0 Å². The molecule has 1 heterocycles. The summed E-state index contributed by atoms with van der Waals surface area (Å²) in [6.45, 7) is 1.76. The van der Waals surface area contributed by atoms with Crippen LogP contribution >= 0.6 is 11.6 Å². The molecular formula is C30H32ClF4NO4. The van der Waals surface area contributed by atoms with E-state index in [1.165, 1.54) is 12.1 Å². The van der Waals surface area contributed by atoms with Crippen LogP contribution in [-0.2, 0) is 28.9 Å². The first-order valence-electron chi connectivity index (χ1n) is 13.8. The molecule has 40 heavy (non-hydrogen) atoms. The Bertz CT molecular complexity index is 1270. The second-order valence-electron chi connectivity index (χ2n) is 11.2. The summed E-state index contributed by atoms with van der Waals surface area (Å²) in [5.74, 6) is -3.30. The lowest BCUT2D eigenvalue weighted by Crippen LogP contribution is -2.36. The highest BCUT2D eigenvalue weighted by molar-refractivity contribution is 6.31. The largest absolute Gasteiger partial charge is 0.481 e. The van der Waals surface area contributed by atoms with Crippen LogP contribution in [0.5, 0.6) is 0 Å². The molecule has 0 spiro atoms. The molecule has 2 atom stereocenters. The standard InChI is InChI=1S/C30H32ClF4NO4/c31-26-7-6-20(30(33,34)35)12-18(26)15-36-10-8-21(9-11-36)40-16-19-13-27(32)25(14-24(19)17-4-5-17)28(37)22-2-1-3-23(22)29(38)39/h6-7,12-14,17,21-23H,1-5,8-11,15-16H2,(H,38,39)/t22-,23-/m1/s1. The summed E-state index contributed by atoms with van der Waals surface area (Å²) in [5.41, 5.74) is 1.29. The van der Waals surface area contributed by atoms with E-state index in [0.29, 0.717) is 67.9 Å². The minimum Gasteiger partial charge on any atom is -0.481 e. The molecule has 0 aromatic heterocycles. The van der Waals surface area contributed by atoms with Gasteiger partial charge in [-0.15, -0.1) is 0 Å². The van der Waals surface area contributed by atoms with Crippen LogP contribution in [0.4, 0.5) is 17.6 Å². The number of halogens is 5. The Hall–Kier alpha value is -2.49. The first-order chi connectivity index (χ1) is 19.0. The second-order valence-corrected chi connectivity index (χ2v) is 11.6. The number of carboxylic acids is 1. The normalized spacial score (nSPS) is 22.5. The minimum absolute atomic E-state index is 0.0228. The predicted molar refractivity (Wildman–Crippen MR) is 141 cm³/mol. The Morgan fingerprint density at radius 1 is 0.975 bits per heavy atom. The average molecular weight is 582 g/mol. The number of carbonyl (C=O) groups excluding carboxylic acids is 1. The highest BCUT2D eigenvalue weighted by Gasteiger charge is 2.39. The number of hydrogen-bond acceptors (Lipinski definition) is 4. The number of carbonyl (C=O) groups is 2. The molecule has 0 bridgehead atoms. The van der Waals surface area contributed by atoms with Gasteiger partial charge in [0, 0.05) is 30.6 Å². The number of alkyl halides is 3. The van der Waals surface area contributed by atoms with Crippen molar-refractivity contribution in [3.8, 4) is 0 Å². The van der Waals surface area contributed by atoms with Gasteiger partial charge < -0.3 is 9.84 Å². The molecule has 1 saturated heterocycles. The van der Waals surface area contributed by atoms with Crippen molar-refractivity contribution in [3.63, 3.8) is 0 Å². The number of benzene rings is 2. The van der Waals surface area contributed by atoms with Crippen molar-refractivity contribution in [1.29, 1.82) is 0 Å². The highest BCUT2D eigenvalue weighted by atomic mass is 35.5. The quantitative estimate of drug-likeness (QED) is 0.250. The molecule has 1 N–H and O–H groups in total. The van der Waals surface area contributed by atoms with Crippen LogP contribution in [-0.4, -0.2) is 41.0 Å². The maximum Gasteiger partial charge on any atom is 0.416 e. The van der Waals surface area contributed by atoms with E-state index in [0.717, 1.165) is 30.5 Å². The van der Waals surface area contributed by atoms with E-state index in [4.69, 9.17) is 16.3 Å². The molecule has 0 amide bonds. The van der Waals surface area contributed by atoms with E-state index < -0.39 is 41.1 Å². The topological polar surface area (TPSA) is 66.8 Å². The number of piperidine rings is 1. The molecule has 1 aliphatic heterocycles. The average Bonchev–Trinajstić information content (AvgIpc) is 3.63. The molecule has 0 radical (unpaired) electrons. The molecule has 0 unspecified atom stereocenters. The van der Waals surface area contributed by atoms with Crippen molar-refractivity contribution in [2.45, 2.75) is 76.3 Å². The van der Waals surface area contributed by atoms with Gasteiger partial charge in [-0.2, -0.15) is 13.2 Å². The van der Waals surface area contributed by atoms with Crippen molar-refractivity contribution >= 4 is 23.4 Å². The molecule has 3 aliphatic rings. The Labute approximate surface area is 235 Å². The van der Waals surface area contributed by atoms with E-state index >= 15 is 4.39 Å². The third kappa shape index (κ3) is 6.52. The fourth-order valence-electron chi connectivity index (χ4n) is 6.04. The third-order valence-electron chi connectivity index (χ3n) is 8.46. The molecule has 5 rings (SSSR count). The number of ether oxygens (including phenoxy) is 1. The monoisotopic (exact) mass is 581 g/mol. The smallest absolute Gasteiger partial charge is 0.416 e. The fourth-order valence-corrected chi connectivity index (χ4v) is 6.22. The van der Waals surface area contributed by atoms with E-state index in [9.17, 15) is 27.9 Å². The Kier molecular flexibility index (Phi) is 8.55. The van der Waals surface area contributed by atoms with Crippen molar-refractivity contribution in [2.24, 2.45) is 11.8 Å². The number of Topliss-reactive ketones (excluding diaryl/α,β-unsaturated/α-hetero) is 1. The summed E-state index contributed by atoms with van der Waals surface area (Å²) in [5, 5.41) is 9.77. The fraction of sp³-hybridized carbons (Fsp3) is 0.533. The lowest BCUT2D eigenvalue weighted by atomic mass is 9.86. The summed E-state index contributed by atoms with van der Waals surface area (Å²) >= 11 is 6.16. The second kappa shape index (κ2) is 11.8. The molecule has 2 aromatic carbocycles. The number of aliphatic carboxylic acids is 1. The lowest BCUT2D eigenvalue weighted by molar-refractivity contribution is -0.142. The molecule has 216 valence electrons. The highest BCUT2D eigenvalue weighted by Crippen LogP contribution is 2.44. The molecule has 2 aliphatic carbocycles. The Balaban J connectivity index is 1.20. The van der Waals surface area contributed by atoms with Crippen LogP contribution in [0, 0.1) is 17.7 Å². The van der Waals surface area contributed by atoms with Gasteiger partial charge in [0.15, 0.2) is 5.78 Å². The van der Waals surface area contributed by atoms with Crippen LogP contribution in [0.25, 0.3) is 0 Å². The number of nitrogens with zero attached hydrogens (tertiary/aromatic N) is 1. The van der Waals surface area contributed by atoms with Gasteiger partial charge in [-0.1, -0.05) is 18.0 Å². The summed E-state index contributed by atoms with van der Waals surface area (Å²) in [4.78, 5) is 26.8. The molecule has 2 saturated carbocycles. The summed E-state index contributed by atoms with van der Waals surface area (Å²) in [7, 11) is 0. The van der Waals surface area contributed by atoms with Gasteiger partial charge in [-0.25, -0.2) is 4.39 Å². The van der Waals surface area contributed by atoms with E-state index in [2.05, 4.69) is 0 Å².